The van der Waals surface area contributed by atoms with Gasteiger partial charge in [0.1, 0.15) is 11.3 Å². The largest absolute Gasteiger partial charge is 0.348 e. The molecular formula is C18H23N3O. The highest BCUT2D eigenvalue weighted by molar-refractivity contribution is 5.93. The zero-order valence-electron chi connectivity index (χ0n) is 13.2. The number of fused-ring (bicyclic) bond motifs is 3. The summed E-state index contributed by atoms with van der Waals surface area (Å²) in [7, 11) is 0. The van der Waals surface area contributed by atoms with Crippen LogP contribution in [0.15, 0.2) is 24.5 Å². The Bertz CT molecular complexity index is 720. The van der Waals surface area contributed by atoms with E-state index in [1.165, 1.54) is 25.7 Å². The lowest BCUT2D eigenvalue weighted by Crippen LogP contribution is -2.40. The van der Waals surface area contributed by atoms with Crippen LogP contribution in [-0.4, -0.2) is 21.3 Å². The summed E-state index contributed by atoms with van der Waals surface area (Å²) in [5, 5.41) is 3.18. The van der Waals surface area contributed by atoms with E-state index in [-0.39, 0.29) is 11.9 Å². The second kappa shape index (κ2) is 5.11. The van der Waals surface area contributed by atoms with E-state index in [1.54, 1.807) is 0 Å². The Morgan fingerprint density at radius 3 is 3.00 bits per heavy atom. The zero-order valence-corrected chi connectivity index (χ0v) is 13.2. The molecular weight excluding hydrogens is 274 g/mol. The van der Waals surface area contributed by atoms with Crippen LogP contribution in [0.1, 0.15) is 48.7 Å². The van der Waals surface area contributed by atoms with Crippen LogP contribution >= 0.6 is 0 Å². The van der Waals surface area contributed by atoms with Crippen molar-refractivity contribution in [1.82, 2.24) is 14.7 Å². The average molecular weight is 297 g/mol. The first-order valence-corrected chi connectivity index (χ1v) is 8.36. The van der Waals surface area contributed by atoms with Crippen molar-refractivity contribution in [3.05, 3.63) is 35.8 Å². The number of rotatable bonds is 3. The number of aromatic nitrogens is 2. The van der Waals surface area contributed by atoms with Gasteiger partial charge in [0, 0.05) is 18.4 Å². The molecule has 4 rings (SSSR count). The van der Waals surface area contributed by atoms with Crippen molar-refractivity contribution >= 4 is 11.6 Å². The smallest absolute Gasteiger partial charge is 0.271 e. The van der Waals surface area contributed by atoms with Gasteiger partial charge in [-0.05, 0) is 68.6 Å². The summed E-state index contributed by atoms with van der Waals surface area (Å²) in [5.41, 5.74) is 2.50. The van der Waals surface area contributed by atoms with Crippen molar-refractivity contribution in [2.24, 2.45) is 17.8 Å². The van der Waals surface area contributed by atoms with E-state index < -0.39 is 0 Å². The quantitative estimate of drug-likeness (QED) is 0.945. The monoisotopic (exact) mass is 297 g/mol. The van der Waals surface area contributed by atoms with Gasteiger partial charge in [-0.2, -0.15) is 0 Å². The van der Waals surface area contributed by atoms with E-state index in [2.05, 4.69) is 17.2 Å². The topological polar surface area (TPSA) is 46.4 Å². The standard InChI is InChI=1S/C18H23N3O/c1-11-5-6-21-10-16(20-17(21)7-11)18(22)19-12(2)15-9-13-3-4-14(15)8-13/h5-7,10,12-15H,3-4,8-9H2,1-2H3,(H,19,22)/t12-,13-,14-,15-/m0/s1. The summed E-state index contributed by atoms with van der Waals surface area (Å²) < 4.78 is 1.91. The number of hydrogen-bond acceptors (Lipinski definition) is 2. The minimum absolute atomic E-state index is 0.0448. The van der Waals surface area contributed by atoms with Gasteiger partial charge in [-0.25, -0.2) is 4.98 Å². The Hall–Kier alpha value is -1.84. The van der Waals surface area contributed by atoms with Crippen LogP contribution < -0.4 is 5.32 Å². The third-order valence-electron chi connectivity index (χ3n) is 5.64. The highest BCUT2D eigenvalue weighted by Crippen LogP contribution is 2.49. The predicted octanol–water partition coefficient (Wildman–Crippen LogP) is 3.20. The van der Waals surface area contributed by atoms with Crippen LogP contribution in [0.4, 0.5) is 0 Å². The predicted molar refractivity (Wildman–Crippen MR) is 85.8 cm³/mol. The van der Waals surface area contributed by atoms with E-state index in [1.807, 2.05) is 35.9 Å². The van der Waals surface area contributed by atoms with Gasteiger partial charge in [-0.3, -0.25) is 4.79 Å². The van der Waals surface area contributed by atoms with E-state index >= 15 is 0 Å². The van der Waals surface area contributed by atoms with Gasteiger partial charge in [-0.15, -0.1) is 0 Å². The van der Waals surface area contributed by atoms with Crippen molar-refractivity contribution in [2.75, 3.05) is 0 Å². The molecule has 1 N–H and O–H groups in total. The second-order valence-electron chi connectivity index (χ2n) is 7.20. The lowest BCUT2D eigenvalue weighted by molar-refractivity contribution is 0.0911. The number of pyridine rings is 1. The SMILES string of the molecule is Cc1ccn2cc(C(=O)N[C@@H](C)[C@@H]3C[C@H]4CC[C@H]3C4)nc2c1. The maximum Gasteiger partial charge on any atom is 0.271 e. The molecule has 0 spiro atoms. The summed E-state index contributed by atoms with van der Waals surface area (Å²) in [6, 6.07) is 4.26. The van der Waals surface area contributed by atoms with Crippen LogP contribution in [0, 0.1) is 24.7 Å². The molecule has 0 radical (unpaired) electrons. The molecule has 1 amide bonds. The van der Waals surface area contributed by atoms with Crippen molar-refractivity contribution in [2.45, 2.75) is 45.6 Å². The molecule has 2 heterocycles. The zero-order chi connectivity index (χ0) is 15.3. The lowest BCUT2D eigenvalue weighted by Gasteiger charge is -2.28. The molecule has 0 saturated heterocycles. The first-order chi connectivity index (χ1) is 10.6. The molecule has 0 aromatic carbocycles. The van der Waals surface area contributed by atoms with E-state index in [4.69, 9.17) is 0 Å². The molecule has 2 aromatic heterocycles. The number of nitrogens with zero attached hydrogens (tertiary/aromatic N) is 2. The highest BCUT2D eigenvalue weighted by atomic mass is 16.2. The van der Waals surface area contributed by atoms with Crippen LogP contribution in [0.25, 0.3) is 5.65 Å². The summed E-state index contributed by atoms with van der Waals surface area (Å²) in [4.78, 5) is 16.9. The van der Waals surface area contributed by atoms with Crippen LogP contribution in [0.2, 0.25) is 0 Å². The molecule has 0 aliphatic heterocycles. The van der Waals surface area contributed by atoms with E-state index in [9.17, 15) is 4.79 Å². The Balaban J connectivity index is 1.48. The molecule has 2 saturated carbocycles. The summed E-state index contributed by atoms with van der Waals surface area (Å²) >= 11 is 0. The molecule has 2 aromatic rings. The number of carbonyl (C=O) groups is 1. The number of carbonyl (C=O) groups excluding carboxylic acids is 1. The summed E-state index contributed by atoms with van der Waals surface area (Å²) in [6.07, 6.45) is 9.18. The Morgan fingerprint density at radius 2 is 2.27 bits per heavy atom. The maximum absolute atomic E-state index is 12.5. The Labute approximate surface area is 130 Å². The fourth-order valence-corrected chi connectivity index (χ4v) is 4.49. The first-order valence-electron chi connectivity index (χ1n) is 8.36. The minimum atomic E-state index is -0.0448. The number of imidazole rings is 1. The van der Waals surface area contributed by atoms with Crippen molar-refractivity contribution in [3.63, 3.8) is 0 Å². The molecule has 4 heteroatoms. The fourth-order valence-electron chi connectivity index (χ4n) is 4.49. The van der Waals surface area contributed by atoms with Gasteiger partial charge in [0.2, 0.25) is 0 Å². The molecule has 4 atom stereocenters. The normalized spacial score (nSPS) is 28.2. The third kappa shape index (κ3) is 2.31. The minimum Gasteiger partial charge on any atom is -0.348 e. The fraction of sp³-hybridized carbons (Fsp3) is 0.556. The first kappa shape index (κ1) is 13.8. The van der Waals surface area contributed by atoms with Gasteiger partial charge in [0.05, 0.1) is 0 Å². The van der Waals surface area contributed by atoms with E-state index in [0.717, 1.165) is 23.0 Å². The number of hydrogen-bond donors (Lipinski definition) is 1. The molecule has 22 heavy (non-hydrogen) atoms. The average Bonchev–Trinajstić information content (AvgIpc) is 3.20. The number of nitrogens with one attached hydrogen (secondary N) is 1. The van der Waals surface area contributed by atoms with Crippen molar-refractivity contribution < 1.29 is 4.79 Å². The summed E-state index contributed by atoms with van der Waals surface area (Å²) in [5.74, 6) is 2.34. The highest BCUT2D eigenvalue weighted by Gasteiger charge is 2.42. The number of amides is 1. The van der Waals surface area contributed by atoms with Crippen LogP contribution in [0.5, 0.6) is 0 Å². The molecule has 2 bridgehead atoms. The molecule has 2 aliphatic rings. The molecule has 2 fully saturated rings. The molecule has 116 valence electrons. The van der Waals surface area contributed by atoms with E-state index in [0.29, 0.717) is 11.6 Å². The van der Waals surface area contributed by atoms with Gasteiger partial charge >= 0.3 is 0 Å². The third-order valence-corrected chi connectivity index (χ3v) is 5.64. The maximum atomic E-state index is 12.5. The van der Waals surface area contributed by atoms with Crippen molar-refractivity contribution in [1.29, 1.82) is 0 Å². The molecule has 0 unspecified atom stereocenters. The Morgan fingerprint density at radius 1 is 1.41 bits per heavy atom. The van der Waals surface area contributed by atoms with Gasteiger partial charge in [-0.1, -0.05) is 6.42 Å². The van der Waals surface area contributed by atoms with Gasteiger partial charge in [0.25, 0.3) is 5.91 Å². The molecule has 4 nitrogen and oxygen atoms in total. The van der Waals surface area contributed by atoms with Crippen LogP contribution in [0.3, 0.4) is 0 Å². The number of aryl methyl sites for hydroxylation is 1. The van der Waals surface area contributed by atoms with Crippen molar-refractivity contribution in [3.8, 4) is 0 Å². The molecule has 2 aliphatic carbocycles. The van der Waals surface area contributed by atoms with Crippen LogP contribution in [-0.2, 0) is 0 Å². The summed E-state index contributed by atoms with van der Waals surface area (Å²) in [6.45, 7) is 4.19. The van der Waals surface area contributed by atoms with Gasteiger partial charge < -0.3 is 9.72 Å². The van der Waals surface area contributed by atoms with Gasteiger partial charge in [0.15, 0.2) is 0 Å². The second-order valence-corrected chi connectivity index (χ2v) is 7.20. The lowest BCUT2D eigenvalue weighted by atomic mass is 9.84. The Kier molecular flexibility index (Phi) is 3.21.